The molecule has 1 aromatic carbocycles. The first-order valence-electron chi connectivity index (χ1n) is 5.52. The fraction of sp³-hybridized carbons (Fsp3) is 0.417. The van der Waals surface area contributed by atoms with E-state index in [0.717, 1.165) is 11.3 Å². The summed E-state index contributed by atoms with van der Waals surface area (Å²) in [5, 5.41) is 4.86. The number of fused-ring (bicyclic) bond motifs is 1. The largest absolute Gasteiger partial charge is 0.304 e. The van der Waals surface area contributed by atoms with Crippen molar-refractivity contribution in [3.63, 3.8) is 0 Å². The summed E-state index contributed by atoms with van der Waals surface area (Å²) in [5.74, 6) is 2.35. The predicted molar refractivity (Wildman–Crippen MR) is 72.3 cm³/mol. The Balaban J connectivity index is 1.93. The SMILES string of the molecule is CC1CSCC(c2nc3ccccc3s2)N1. The second kappa shape index (κ2) is 4.35. The third kappa shape index (κ3) is 1.97. The number of para-hydroxylation sites is 1. The van der Waals surface area contributed by atoms with E-state index in [1.54, 1.807) is 0 Å². The number of hydrogen-bond donors (Lipinski definition) is 1. The molecule has 0 amide bonds. The Morgan fingerprint density at radius 3 is 3.00 bits per heavy atom. The molecule has 16 heavy (non-hydrogen) atoms. The van der Waals surface area contributed by atoms with Gasteiger partial charge in [-0.05, 0) is 19.1 Å². The van der Waals surface area contributed by atoms with Crippen molar-refractivity contribution in [2.45, 2.75) is 19.0 Å². The van der Waals surface area contributed by atoms with E-state index in [2.05, 4.69) is 36.5 Å². The zero-order valence-corrected chi connectivity index (χ0v) is 10.8. The summed E-state index contributed by atoms with van der Waals surface area (Å²) in [5.41, 5.74) is 1.13. The van der Waals surface area contributed by atoms with E-state index in [0.29, 0.717) is 12.1 Å². The van der Waals surface area contributed by atoms with Crippen molar-refractivity contribution in [2.24, 2.45) is 0 Å². The highest BCUT2D eigenvalue weighted by Gasteiger charge is 2.22. The van der Waals surface area contributed by atoms with Crippen molar-refractivity contribution in [1.82, 2.24) is 10.3 Å². The molecule has 0 bridgehead atoms. The lowest BCUT2D eigenvalue weighted by molar-refractivity contribution is 0.501. The molecule has 1 aliphatic rings. The maximum absolute atomic E-state index is 4.71. The van der Waals surface area contributed by atoms with Crippen LogP contribution < -0.4 is 5.32 Å². The molecule has 1 N–H and O–H groups in total. The van der Waals surface area contributed by atoms with E-state index in [-0.39, 0.29) is 0 Å². The van der Waals surface area contributed by atoms with Gasteiger partial charge >= 0.3 is 0 Å². The Labute approximate surface area is 103 Å². The highest BCUT2D eigenvalue weighted by molar-refractivity contribution is 7.99. The lowest BCUT2D eigenvalue weighted by Gasteiger charge is -2.26. The van der Waals surface area contributed by atoms with Crippen LogP contribution in [0.5, 0.6) is 0 Å². The van der Waals surface area contributed by atoms with E-state index >= 15 is 0 Å². The molecular weight excluding hydrogens is 236 g/mol. The Hall–Kier alpha value is -0.580. The van der Waals surface area contributed by atoms with Gasteiger partial charge in [-0.1, -0.05) is 12.1 Å². The maximum atomic E-state index is 4.71. The molecule has 2 aromatic rings. The molecule has 1 aromatic heterocycles. The van der Waals surface area contributed by atoms with Crippen LogP contribution in [0.1, 0.15) is 18.0 Å². The molecule has 0 aliphatic carbocycles. The molecule has 0 saturated carbocycles. The van der Waals surface area contributed by atoms with Gasteiger partial charge < -0.3 is 5.32 Å². The van der Waals surface area contributed by atoms with Gasteiger partial charge in [-0.15, -0.1) is 11.3 Å². The van der Waals surface area contributed by atoms with Gasteiger partial charge in [0.1, 0.15) is 5.01 Å². The van der Waals surface area contributed by atoms with Crippen molar-refractivity contribution in [3.05, 3.63) is 29.3 Å². The predicted octanol–water partition coefficient (Wildman–Crippen LogP) is 3.06. The van der Waals surface area contributed by atoms with Gasteiger partial charge in [0.2, 0.25) is 0 Å². The van der Waals surface area contributed by atoms with Gasteiger partial charge in [0.05, 0.1) is 16.3 Å². The second-order valence-corrected chi connectivity index (χ2v) is 6.31. The van der Waals surface area contributed by atoms with Crippen LogP contribution in [0.2, 0.25) is 0 Å². The number of thiazole rings is 1. The van der Waals surface area contributed by atoms with E-state index in [4.69, 9.17) is 4.98 Å². The van der Waals surface area contributed by atoms with Crippen molar-refractivity contribution < 1.29 is 0 Å². The third-order valence-corrected chi connectivity index (χ3v) is 5.20. The molecule has 1 aliphatic heterocycles. The fourth-order valence-electron chi connectivity index (χ4n) is 1.98. The number of benzene rings is 1. The summed E-state index contributed by atoms with van der Waals surface area (Å²) >= 11 is 3.84. The Kier molecular flexibility index (Phi) is 2.88. The summed E-state index contributed by atoms with van der Waals surface area (Å²) in [6, 6.07) is 9.40. The average Bonchev–Trinajstić information content (AvgIpc) is 2.72. The van der Waals surface area contributed by atoms with Crippen LogP contribution in [0, 0.1) is 0 Å². The topological polar surface area (TPSA) is 24.9 Å². The van der Waals surface area contributed by atoms with Crippen molar-refractivity contribution in [2.75, 3.05) is 11.5 Å². The first-order chi connectivity index (χ1) is 7.83. The van der Waals surface area contributed by atoms with Crippen LogP contribution in [0.25, 0.3) is 10.2 Å². The highest BCUT2D eigenvalue weighted by atomic mass is 32.2. The smallest absolute Gasteiger partial charge is 0.112 e. The lowest BCUT2D eigenvalue weighted by atomic mass is 10.3. The van der Waals surface area contributed by atoms with Crippen LogP contribution in [-0.2, 0) is 0 Å². The number of thioether (sulfide) groups is 1. The first kappa shape index (κ1) is 10.6. The molecule has 0 spiro atoms. The van der Waals surface area contributed by atoms with Crippen LogP contribution >= 0.6 is 23.1 Å². The summed E-state index contributed by atoms with van der Waals surface area (Å²) in [4.78, 5) is 4.71. The Morgan fingerprint density at radius 2 is 2.19 bits per heavy atom. The molecule has 0 radical (unpaired) electrons. The molecule has 1 saturated heterocycles. The summed E-state index contributed by atoms with van der Waals surface area (Å²) in [6.45, 7) is 2.24. The van der Waals surface area contributed by atoms with Crippen molar-refractivity contribution in [1.29, 1.82) is 0 Å². The first-order valence-corrected chi connectivity index (χ1v) is 7.49. The number of nitrogens with zero attached hydrogens (tertiary/aromatic N) is 1. The van der Waals surface area contributed by atoms with Gasteiger partial charge in [-0.3, -0.25) is 0 Å². The molecule has 2 atom stereocenters. The molecule has 2 heterocycles. The van der Waals surface area contributed by atoms with Gasteiger partial charge in [0, 0.05) is 17.5 Å². The van der Waals surface area contributed by atoms with Crippen molar-refractivity contribution in [3.8, 4) is 0 Å². The Bertz CT molecular complexity index is 461. The monoisotopic (exact) mass is 250 g/mol. The minimum atomic E-state index is 0.436. The Morgan fingerprint density at radius 1 is 1.31 bits per heavy atom. The minimum absolute atomic E-state index is 0.436. The lowest BCUT2D eigenvalue weighted by Crippen LogP contribution is -2.37. The standard InChI is InChI=1S/C12H14N2S2/c1-8-6-15-7-10(13-8)12-14-9-4-2-3-5-11(9)16-12/h2-5,8,10,13H,6-7H2,1H3. The van der Waals surface area contributed by atoms with Gasteiger partial charge in [-0.2, -0.15) is 11.8 Å². The minimum Gasteiger partial charge on any atom is -0.304 e. The van der Waals surface area contributed by atoms with Crippen LogP contribution in [-0.4, -0.2) is 22.5 Å². The molecule has 2 unspecified atom stereocenters. The van der Waals surface area contributed by atoms with Gasteiger partial charge in [0.15, 0.2) is 0 Å². The molecule has 84 valence electrons. The van der Waals surface area contributed by atoms with Crippen LogP contribution in [0.15, 0.2) is 24.3 Å². The number of aromatic nitrogens is 1. The molecule has 2 nitrogen and oxygen atoms in total. The van der Waals surface area contributed by atoms with Crippen molar-refractivity contribution >= 4 is 33.3 Å². The second-order valence-electron chi connectivity index (χ2n) is 4.18. The highest BCUT2D eigenvalue weighted by Crippen LogP contribution is 2.30. The average molecular weight is 250 g/mol. The quantitative estimate of drug-likeness (QED) is 0.842. The van der Waals surface area contributed by atoms with Gasteiger partial charge in [-0.25, -0.2) is 4.98 Å². The van der Waals surface area contributed by atoms with Crippen LogP contribution in [0.3, 0.4) is 0 Å². The molecular formula is C12H14N2S2. The molecule has 4 heteroatoms. The number of nitrogens with one attached hydrogen (secondary N) is 1. The van der Waals surface area contributed by atoms with E-state index < -0.39 is 0 Å². The number of hydrogen-bond acceptors (Lipinski definition) is 4. The normalized spacial score (nSPS) is 26.1. The van der Waals surface area contributed by atoms with Crippen LogP contribution in [0.4, 0.5) is 0 Å². The molecule has 1 fully saturated rings. The fourth-order valence-corrected chi connectivity index (χ4v) is 4.19. The van der Waals surface area contributed by atoms with Gasteiger partial charge in [0.25, 0.3) is 0 Å². The zero-order chi connectivity index (χ0) is 11.0. The molecule has 3 rings (SSSR count). The maximum Gasteiger partial charge on any atom is 0.112 e. The zero-order valence-electron chi connectivity index (χ0n) is 9.14. The van der Waals surface area contributed by atoms with E-state index in [1.165, 1.54) is 15.5 Å². The van der Waals surface area contributed by atoms with E-state index in [9.17, 15) is 0 Å². The summed E-state index contributed by atoms with van der Waals surface area (Å²) in [6.07, 6.45) is 0. The summed E-state index contributed by atoms with van der Waals surface area (Å²) in [7, 11) is 0. The number of rotatable bonds is 1. The van der Waals surface area contributed by atoms with E-state index in [1.807, 2.05) is 23.1 Å². The summed E-state index contributed by atoms with van der Waals surface area (Å²) < 4.78 is 1.29. The third-order valence-electron chi connectivity index (χ3n) is 2.75.